The molecule has 3 rings (SSSR count). The molecule has 1 aliphatic heterocycles. The fourth-order valence-electron chi connectivity index (χ4n) is 2.44. The zero-order valence-electron chi connectivity index (χ0n) is 12.3. The average molecular weight is 427 g/mol. The summed E-state index contributed by atoms with van der Waals surface area (Å²) in [7, 11) is 1.19. The number of hydroxylamine groups is 2. The molecule has 2 aliphatic rings. The standard InChI is InChI=1S/C14H7Cl4NO6/c1-24-13(22)3-2-4(3)14(23)25-19-11(20)5-6(12(19)21)8(16)10(18)9(17)7(5)15/h3-4H,2H2,1H3/t3-,4+/m0/s1. The van der Waals surface area contributed by atoms with Crippen LogP contribution in [0.15, 0.2) is 0 Å². The molecular formula is C14H7Cl4NO6. The maximum absolute atomic E-state index is 12.4. The predicted molar refractivity (Wildman–Crippen MR) is 86.7 cm³/mol. The number of carbonyl (C=O) groups excluding carboxylic acids is 4. The van der Waals surface area contributed by atoms with E-state index in [0.29, 0.717) is 0 Å². The van der Waals surface area contributed by atoms with Crippen molar-refractivity contribution in [1.29, 1.82) is 0 Å². The fraction of sp³-hybridized carbons (Fsp3) is 0.286. The first-order chi connectivity index (χ1) is 11.7. The summed E-state index contributed by atoms with van der Waals surface area (Å²) in [5.41, 5.74) is -0.613. The second kappa shape index (κ2) is 6.32. The average Bonchev–Trinajstić information content (AvgIpc) is 3.35. The van der Waals surface area contributed by atoms with Crippen LogP contribution in [0.3, 0.4) is 0 Å². The Bertz CT molecular complexity index is 807. The lowest BCUT2D eigenvalue weighted by Crippen LogP contribution is -2.33. The molecule has 0 radical (unpaired) electrons. The third kappa shape index (κ3) is 2.75. The van der Waals surface area contributed by atoms with Crippen molar-refractivity contribution in [2.45, 2.75) is 6.42 Å². The highest BCUT2D eigenvalue weighted by atomic mass is 35.5. The fourth-order valence-corrected chi connectivity index (χ4v) is 3.45. The third-order valence-electron chi connectivity index (χ3n) is 3.84. The van der Waals surface area contributed by atoms with Crippen molar-refractivity contribution >= 4 is 70.2 Å². The van der Waals surface area contributed by atoms with E-state index >= 15 is 0 Å². The van der Waals surface area contributed by atoms with Crippen LogP contribution < -0.4 is 0 Å². The van der Waals surface area contributed by atoms with Gasteiger partial charge < -0.3 is 9.57 Å². The Morgan fingerprint density at radius 3 is 1.76 bits per heavy atom. The lowest BCUT2D eigenvalue weighted by Gasteiger charge is -2.12. The molecule has 0 spiro atoms. The van der Waals surface area contributed by atoms with Gasteiger partial charge in [-0.3, -0.25) is 14.4 Å². The van der Waals surface area contributed by atoms with E-state index in [2.05, 4.69) is 4.74 Å². The largest absolute Gasteiger partial charge is 0.469 e. The smallest absolute Gasteiger partial charge is 0.337 e. The number of nitrogens with zero attached hydrogens (tertiary/aromatic N) is 1. The van der Waals surface area contributed by atoms with Crippen LogP contribution in [-0.2, 0) is 19.2 Å². The zero-order chi connectivity index (χ0) is 18.6. The van der Waals surface area contributed by atoms with E-state index < -0.39 is 35.6 Å². The minimum absolute atomic E-state index is 0.200. The van der Waals surface area contributed by atoms with Gasteiger partial charge in [0, 0.05) is 0 Å². The molecule has 1 aromatic rings. The number of benzene rings is 1. The number of hydrogen-bond donors (Lipinski definition) is 0. The molecule has 1 saturated carbocycles. The van der Waals surface area contributed by atoms with Gasteiger partial charge in [0.1, 0.15) is 0 Å². The number of halogens is 4. The van der Waals surface area contributed by atoms with E-state index in [4.69, 9.17) is 51.2 Å². The van der Waals surface area contributed by atoms with E-state index in [0.717, 1.165) is 0 Å². The minimum atomic E-state index is -1.01. The van der Waals surface area contributed by atoms with Crippen molar-refractivity contribution in [3.8, 4) is 0 Å². The lowest BCUT2D eigenvalue weighted by molar-refractivity contribution is -0.171. The number of methoxy groups -OCH3 is 1. The topological polar surface area (TPSA) is 90.0 Å². The molecule has 25 heavy (non-hydrogen) atoms. The molecule has 0 bridgehead atoms. The number of amides is 2. The Balaban J connectivity index is 1.87. The quantitative estimate of drug-likeness (QED) is 0.319. The summed E-state index contributed by atoms with van der Waals surface area (Å²) in [6, 6.07) is 0. The number of hydrogen-bond acceptors (Lipinski definition) is 6. The molecule has 1 heterocycles. The number of esters is 1. The minimum Gasteiger partial charge on any atom is -0.469 e. The van der Waals surface area contributed by atoms with Crippen LogP contribution in [0.1, 0.15) is 27.1 Å². The number of rotatable bonds is 3. The monoisotopic (exact) mass is 425 g/mol. The summed E-state index contributed by atoms with van der Waals surface area (Å²) in [6.07, 6.45) is 0.202. The van der Waals surface area contributed by atoms with Gasteiger partial charge in [-0.2, -0.15) is 0 Å². The molecule has 1 fully saturated rings. The van der Waals surface area contributed by atoms with Crippen molar-refractivity contribution in [2.24, 2.45) is 11.8 Å². The molecule has 0 N–H and O–H groups in total. The second-order valence-electron chi connectivity index (χ2n) is 5.29. The first-order valence-corrected chi connectivity index (χ1v) is 8.26. The summed E-state index contributed by atoms with van der Waals surface area (Å²) in [4.78, 5) is 53.0. The van der Waals surface area contributed by atoms with Crippen LogP contribution in [0.5, 0.6) is 0 Å². The SMILES string of the molecule is COC(=O)[C@H]1C[C@H]1C(=O)ON1C(=O)c2c(Cl)c(Cl)c(Cl)c(Cl)c2C1=O. The first-order valence-electron chi connectivity index (χ1n) is 6.75. The van der Waals surface area contributed by atoms with Gasteiger partial charge in [0.2, 0.25) is 0 Å². The normalized spacial score (nSPS) is 21.2. The second-order valence-corrected chi connectivity index (χ2v) is 6.80. The summed E-state index contributed by atoms with van der Waals surface area (Å²) >= 11 is 23.7. The van der Waals surface area contributed by atoms with Crippen molar-refractivity contribution in [3.05, 3.63) is 31.2 Å². The van der Waals surface area contributed by atoms with Crippen molar-refractivity contribution in [1.82, 2.24) is 5.06 Å². The highest BCUT2D eigenvalue weighted by molar-refractivity contribution is 6.55. The molecule has 1 aromatic carbocycles. The Morgan fingerprint density at radius 2 is 1.32 bits per heavy atom. The molecule has 1 aliphatic carbocycles. The van der Waals surface area contributed by atoms with Gasteiger partial charge in [0.25, 0.3) is 11.8 Å². The van der Waals surface area contributed by atoms with Gasteiger partial charge in [0.05, 0.1) is 50.2 Å². The van der Waals surface area contributed by atoms with Crippen LogP contribution in [0.2, 0.25) is 20.1 Å². The number of fused-ring (bicyclic) bond motifs is 1. The molecular weight excluding hydrogens is 420 g/mol. The highest BCUT2D eigenvalue weighted by Gasteiger charge is 2.53. The van der Waals surface area contributed by atoms with Gasteiger partial charge in [-0.05, 0) is 6.42 Å². The predicted octanol–water partition coefficient (Wildman–Crippen LogP) is 3.16. The van der Waals surface area contributed by atoms with Crippen LogP contribution in [0.4, 0.5) is 0 Å². The van der Waals surface area contributed by atoms with Crippen LogP contribution in [0, 0.1) is 11.8 Å². The van der Waals surface area contributed by atoms with Crippen molar-refractivity contribution < 1.29 is 28.8 Å². The third-order valence-corrected chi connectivity index (χ3v) is 5.64. The molecule has 132 valence electrons. The van der Waals surface area contributed by atoms with Crippen LogP contribution >= 0.6 is 46.4 Å². The maximum atomic E-state index is 12.4. The van der Waals surface area contributed by atoms with Gasteiger partial charge in [-0.1, -0.05) is 51.5 Å². The summed E-state index contributed by atoms with van der Waals surface area (Å²) in [5, 5.41) is -0.725. The van der Waals surface area contributed by atoms with Crippen molar-refractivity contribution in [2.75, 3.05) is 7.11 Å². The number of imide groups is 1. The van der Waals surface area contributed by atoms with Gasteiger partial charge in [0.15, 0.2) is 0 Å². The molecule has 2 amide bonds. The Hall–Kier alpha value is -1.54. The Morgan fingerprint density at radius 1 is 0.880 bits per heavy atom. The van der Waals surface area contributed by atoms with E-state index in [9.17, 15) is 19.2 Å². The Labute approximate surface area is 160 Å². The first kappa shape index (κ1) is 18.3. The zero-order valence-corrected chi connectivity index (χ0v) is 15.3. The van der Waals surface area contributed by atoms with Crippen molar-refractivity contribution in [3.63, 3.8) is 0 Å². The summed E-state index contributed by atoms with van der Waals surface area (Å²) < 4.78 is 4.52. The van der Waals surface area contributed by atoms with Gasteiger partial charge in [-0.15, -0.1) is 0 Å². The van der Waals surface area contributed by atoms with Gasteiger partial charge in [-0.25, -0.2) is 4.79 Å². The maximum Gasteiger partial charge on any atom is 0.337 e. The van der Waals surface area contributed by atoms with E-state index in [-0.39, 0.29) is 42.7 Å². The molecule has 2 atom stereocenters. The molecule has 0 aromatic heterocycles. The van der Waals surface area contributed by atoms with E-state index in [1.165, 1.54) is 7.11 Å². The van der Waals surface area contributed by atoms with Crippen LogP contribution in [-0.4, -0.2) is 35.9 Å². The molecule has 11 heteroatoms. The van der Waals surface area contributed by atoms with E-state index in [1.54, 1.807) is 0 Å². The molecule has 0 saturated heterocycles. The summed E-state index contributed by atoms with van der Waals surface area (Å²) in [6.45, 7) is 0. The van der Waals surface area contributed by atoms with Crippen LogP contribution in [0.25, 0.3) is 0 Å². The van der Waals surface area contributed by atoms with E-state index in [1.807, 2.05) is 0 Å². The molecule has 0 unspecified atom stereocenters. The summed E-state index contributed by atoms with van der Waals surface area (Å²) in [5.74, 6) is -4.97. The lowest BCUT2D eigenvalue weighted by atomic mass is 10.1. The molecule has 7 nitrogen and oxygen atoms in total. The Kier molecular flexibility index (Phi) is 4.61. The highest BCUT2D eigenvalue weighted by Crippen LogP contribution is 2.46. The number of ether oxygens (including phenoxy) is 1. The number of carbonyl (C=O) groups is 4. The van der Waals surface area contributed by atoms with Gasteiger partial charge >= 0.3 is 11.9 Å².